The van der Waals surface area contributed by atoms with Crippen LogP contribution in [-0.4, -0.2) is 19.1 Å². The first-order chi connectivity index (χ1) is 8.85. The van der Waals surface area contributed by atoms with Crippen molar-refractivity contribution in [3.05, 3.63) is 34.1 Å². The van der Waals surface area contributed by atoms with Crippen molar-refractivity contribution in [1.29, 1.82) is 0 Å². The summed E-state index contributed by atoms with van der Waals surface area (Å²) in [7, 11) is 1.30. The van der Waals surface area contributed by atoms with Gasteiger partial charge in [0.2, 0.25) is 0 Å². The molecule has 0 radical (unpaired) electrons. The summed E-state index contributed by atoms with van der Waals surface area (Å²) < 4.78 is 19.6. The van der Waals surface area contributed by atoms with Crippen molar-refractivity contribution in [3.8, 4) is 0 Å². The number of rotatable bonds is 5. The van der Waals surface area contributed by atoms with Crippen LogP contribution in [-0.2, 0) is 15.1 Å². The quantitative estimate of drug-likeness (QED) is 0.841. The summed E-state index contributed by atoms with van der Waals surface area (Å²) in [6.45, 7) is 5.57. The van der Waals surface area contributed by atoms with Crippen molar-refractivity contribution in [1.82, 2.24) is 5.32 Å². The number of ether oxygens (including phenoxy) is 1. The number of carbonyl (C=O) groups excluding carboxylic acids is 1. The topological polar surface area (TPSA) is 38.3 Å². The fourth-order valence-electron chi connectivity index (χ4n) is 1.93. The Labute approximate surface area is 121 Å². The highest BCUT2D eigenvalue weighted by molar-refractivity contribution is 9.10. The van der Waals surface area contributed by atoms with Gasteiger partial charge in [0.1, 0.15) is 11.4 Å². The Morgan fingerprint density at radius 1 is 1.58 bits per heavy atom. The van der Waals surface area contributed by atoms with Crippen molar-refractivity contribution >= 4 is 21.9 Å². The summed E-state index contributed by atoms with van der Waals surface area (Å²) in [5.41, 5.74) is -0.938. The second-order valence-electron chi connectivity index (χ2n) is 4.69. The second-order valence-corrected chi connectivity index (χ2v) is 5.61. The average molecular weight is 332 g/mol. The molecule has 0 saturated heterocycles. The fraction of sp³-hybridized carbons (Fsp3) is 0.500. The van der Waals surface area contributed by atoms with Gasteiger partial charge in [-0.3, -0.25) is 5.32 Å². The summed E-state index contributed by atoms with van der Waals surface area (Å²) in [6.07, 6.45) is 0.822. The Morgan fingerprint density at radius 3 is 2.74 bits per heavy atom. The molecule has 1 aromatic rings. The minimum Gasteiger partial charge on any atom is -0.467 e. The molecule has 0 aliphatic rings. The van der Waals surface area contributed by atoms with Crippen molar-refractivity contribution < 1.29 is 13.9 Å². The van der Waals surface area contributed by atoms with Crippen LogP contribution in [0.1, 0.15) is 32.8 Å². The molecule has 106 valence electrons. The van der Waals surface area contributed by atoms with Crippen molar-refractivity contribution in [3.63, 3.8) is 0 Å². The Bertz CT molecular complexity index is 467. The molecular formula is C14H19BrFNO2. The van der Waals surface area contributed by atoms with E-state index >= 15 is 0 Å². The van der Waals surface area contributed by atoms with E-state index in [2.05, 4.69) is 21.2 Å². The number of nitrogens with one attached hydrogen (secondary N) is 1. The summed E-state index contributed by atoms with van der Waals surface area (Å²) in [5.74, 6) is -0.947. The van der Waals surface area contributed by atoms with E-state index in [9.17, 15) is 9.18 Å². The molecule has 19 heavy (non-hydrogen) atoms. The fourth-order valence-corrected chi connectivity index (χ4v) is 2.29. The first-order valence-electron chi connectivity index (χ1n) is 6.16. The molecule has 1 aromatic carbocycles. The SMILES string of the molecule is CCC(C)NC(C)(C(=O)OC)c1cc(Br)ccc1F. The van der Waals surface area contributed by atoms with E-state index < -0.39 is 17.3 Å². The first kappa shape index (κ1) is 16.1. The zero-order valence-corrected chi connectivity index (χ0v) is 13.2. The van der Waals surface area contributed by atoms with Crippen molar-refractivity contribution in [2.75, 3.05) is 7.11 Å². The van der Waals surface area contributed by atoms with Crippen LogP contribution in [0.15, 0.2) is 22.7 Å². The lowest BCUT2D eigenvalue weighted by Gasteiger charge is -2.32. The average Bonchev–Trinajstić information content (AvgIpc) is 2.40. The molecule has 2 unspecified atom stereocenters. The van der Waals surface area contributed by atoms with Crippen LogP contribution in [0.4, 0.5) is 4.39 Å². The van der Waals surface area contributed by atoms with E-state index in [-0.39, 0.29) is 11.6 Å². The molecule has 0 amide bonds. The highest BCUT2D eigenvalue weighted by Gasteiger charge is 2.39. The Hall–Kier alpha value is -0.940. The van der Waals surface area contributed by atoms with Gasteiger partial charge in [-0.2, -0.15) is 0 Å². The summed E-state index contributed by atoms with van der Waals surface area (Å²) in [4.78, 5) is 12.1. The highest BCUT2D eigenvalue weighted by atomic mass is 79.9. The molecule has 0 fully saturated rings. The maximum Gasteiger partial charge on any atom is 0.330 e. The number of benzene rings is 1. The van der Waals surface area contributed by atoms with Crippen LogP contribution in [0.25, 0.3) is 0 Å². The van der Waals surface area contributed by atoms with Gasteiger partial charge in [-0.25, -0.2) is 9.18 Å². The predicted octanol–water partition coefficient (Wildman–Crippen LogP) is 3.36. The normalized spacial score (nSPS) is 15.7. The number of halogens is 2. The summed E-state index contributed by atoms with van der Waals surface area (Å²) in [5, 5.41) is 3.14. The number of esters is 1. The molecule has 3 nitrogen and oxygen atoms in total. The van der Waals surface area contributed by atoms with Crippen LogP contribution in [0, 0.1) is 5.82 Å². The molecule has 0 saturated carbocycles. The molecular weight excluding hydrogens is 313 g/mol. The summed E-state index contributed by atoms with van der Waals surface area (Å²) >= 11 is 3.30. The summed E-state index contributed by atoms with van der Waals surface area (Å²) in [6, 6.07) is 4.59. The van der Waals surface area contributed by atoms with E-state index in [0.717, 1.165) is 6.42 Å². The minimum atomic E-state index is -1.21. The number of methoxy groups -OCH3 is 1. The molecule has 1 rings (SSSR count). The largest absolute Gasteiger partial charge is 0.467 e. The molecule has 0 bridgehead atoms. The van der Waals surface area contributed by atoms with Gasteiger partial charge in [0.05, 0.1) is 7.11 Å². The van der Waals surface area contributed by atoms with Gasteiger partial charge < -0.3 is 4.74 Å². The lowest BCUT2D eigenvalue weighted by Crippen LogP contribution is -2.51. The third kappa shape index (κ3) is 3.54. The third-order valence-electron chi connectivity index (χ3n) is 3.21. The van der Waals surface area contributed by atoms with Crippen molar-refractivity contribution in [2.24, 2.45) is 0 Å². The second kappa shape index (κ2) is 6.48. The van der Waals surface area contributed by atoms with Gasteiger partial charge in [-0.05, 0) is 38.5 Å². The van der Waals surface area contributed by atoms with Gasteiger partial charge in [0.25, 0.3) is 0 Å². The molecule has 0 aliphatic heterocycles. The lowest BCUT2D eigenvalue weighted by atomic mass is 9.90. The van der Waals surface area contributed by atoms with Gasteiger partial charge in [0.15, 0.2) is 0 Å². The number of hydrogen-bond donors (Lipinski definition) is 1. The number of hydrogen-bond acceptors (Lipinski definition) is 3. The lowest BCUT2D eigenvalue weighted by molar-refractivity contribution is -0.148. The molecule has 1 N–H and O–H groups in total. The van der Waals surface area contributed by atoms with E-state index in [4.69, 9.17) is 4.74 Å². The molecule has 0 aliphatic carbocycles. The van der Waals surface area contributed by atoms with Crippen LogP contribution in [0.2, 0.25) is 0 Å². The Balaban J connectivity index is 3.30. The Morgan fingerprint density at radius 2 is 2.21 bits per heavy atom. The maximum atomic E-state index is 14.0. The highest BCUT2D eigenvalue weighted by Crippen LogP contribution is 2.28. The van der Waals surface area contributed by atoms with Crippen LogP contribution >= 0.6 is 15.9 Å². The van der Waals surface area contributed by atoms with E-state index in [1.165, 1.54) is 13.2 Å². The van der Waals surface area contributed by atoms with Crippen LogP contribution < -0.4 is 5.32 Å². The molecule has 5 heteroatoms. The van der Waals surface area contributed by atoms with Gasteiger partial charge in [-0.15, -0.1) is 0 Å². The first-order valence-corrected chi connectivity index (χ1v) is 6.96. The molecule has 0 spiro atoms. The minimum absolute atomic E-state index is 0.0579. The predicted molar refractivity (Wildman–Crippen MR) is 76.4 cm³/mol. The smallest absolute Gasteiger partial charge is 0.330 e. The van der Waals surface area contributed by atoms with Crippen molar-refractivity contribution in [2.45, 2.75) is 38.8 Å². The number of carbonyl (C=O) groups is 1. The van der Waals surface area contributed by atoms with Gasteiger partial charge >= 0.3 is 5.97 Å². The monoisotopic (exact) mass is 331 g/mol. The third-order valence-corrected chi connectivity index (χ3v) is 3.70. The molecule has 0 aromatic heterocycles. The standard InChI is InChI=1S/C14H19BrFNO2/c1-5-9(2)17-14(3,13(18)19-4)11-8-10(15)6-7-12(11)16/h6-9,17H,5H2,1-4H3. The van der Waals surface area contributed by atoms with E-state index in [1.807, 2.05) is 13.8 Å². The Kier molecular flexibility index (Phi) is 5.50. The van der Waals surface area contributed by atoms with Crippen LogP contribution in [0.5, 0.6) is 0 Å². The zero-order valence-electron chi connectivity index (χ0n) is 11.6. The van der Waals surface area contributed by atoms with E-state index in [0.29, 0.717) is 4.47 Å². The van der Waals surface area contributed by atoms with E-state index in [1.54, 1.807) is 19.1 Å². The zero-order chi connectivity index (χ0) is 14.6. The molecule has 0 heterocycles. The van der Waals surface area contributed by atoms with Crippen LogP contribution in [0.3, 0.4) is 0 Å². The molecule has 2 atom stereocenters. The van der Waals surface area contributed by atoms with Gasteiger partial charge in [0, 0.05) is 16.1 Å². The van der Waals surface area contributed by atoms with Gasteiger partial charge in [-0.1, -0.05) is 22.9 Å². The maximum absolute atomic E-state index is 14.0.